The van der Waals surface area contributed by atoms with Gasteiger partial charge in [0.2, 0.25) is 15.9 Å². The largest absolute Gasteiger partial charge is 0.354 e. The number of benzene rings is 1. The molecule has 0 aromatic heterocycles. The number of nitrogens with one attached hydrogen (secondary N) is 1. The standard InChI is InChI=1S/C16H26N2O3S/c1-12(2)10-17-16(19)11-18(22(5,20)21)15-9-7-6-8-14(15)13(3)4/h6-9,12-13H,10-11H2,1-5H3,(H,17,19). The molecule has 22 heavy (non-hydrogen) atoms. The van der Waals surface area contributed by atoms with Crippen molar-refractivity contribution in [2.24, 2.45) is 5.92 Å². The van der Waals surface area contributed by atoms with E-state index in [0.29, 0.717) is 18.2 Å². The molecule has 1 aromatic carbocycles. The summed E-state index contributed by atoms with van der Waals surface area (Å²) in [6.07, 6.45) is 1.12. The molecule has 0 fully saturated rings. The van der Waals surface area contributed by atoms with Gasteiger partial charge in [-0.15, -0.1) is 0 Å². The number of carbonyl (C=O) groups is 1. The SMILES string of the molecule is CC(C)CNC(=O)CN(c1ccccc1C(C)C)S(C)(=O)=O. The number of amides is 1. The van der Waals surface area contributed by atoms with E-state index >= 15 is 0 Å². The third kappa shape index (κ3) is 5.33. The van der Waals surface area contributed by atoms with Gasteiger partial charge in [-0.2, -0.15) is 0 Å². The first-order chi connectivity index (χ1) is 10.1. The molecule has 0 radical (unpaired) electrons. The molecule has 6 heteroatoms. The van der Waals surface area contributed by atoms with Crippen LogP contribution in [0.3, 0.4) is 0 Å². The molecule has 5 nitrogen and oxygen atoms in total. The summed E-state index contributed by atoms with van der Waals surface area (Å²) in [6.45, 7) is 8.30. The van der Waals surface area contributed by atoms with Crippen LogP contribution < -0.4 is 9.62 Å². The quantitative estimate of drug-likeness (QED) is 0.836. The fraction of sp³-hybridized carbons (Fsp3) is 0.562. The Bertz CT molecular complexity index is 610. The van der Waals surface area contributed by atoms with Crippen molar-refractivity contribution < 1.29 is 13.2 Å². The molecule has 1 amide bonds. The molecule has 0 heterocycles. The summed E-state index contributed by atoms with van der Waals surface area (Å²) in [6, 6.07) is 7.29. The van der Waals surface area contributed by atoms with Crippen LogP contribution in [-0.2, 0) is 14.8 Å². The molecular weight excluding hydrogens is 300 g/mol. The van der Waals surface area contributed by atoms with Gasteiger partial charge in [-0.1, -0.05) is 45.9 Å². The number of sulfonamides is 1. The van der Waals surface area contributed by atoms with Gasteiger partial charge in [-0.3, -0.25) is 9.10 Å². The van der Waals surface area contributed by atoms with Crippen molar-refractivity contribution in [3.63, 3.8) is 0 Å². The maximum atomic E-state index is 12.1. The van der Waals surface area contributed by atoms with E-state index < -0.39 is 10.0 Å². The molecule has 1 N–H and O–H groups in total. The maximum absolute atomic E-state index is 12.1. The molecule has 0 aliphatic carbocycles. The molecule has 0 saturated heterocycles. The summed E-state index contributed by atoms with van der Waals surface area (Å²) in [4.78, 5) is 12.0. The minimum atomic E-state index is -3.54. The Morgan fingerprint density at radius 2 is 1.77 bits per heavy atom. The highest BCUT2D eigenvalue weighted by atomic mass is 32.2. The Hall–Kier alpha value is -1.56. The van der Waals surface area contributed by atoms with E-state index in [-0.39, 0.29) is 18.4 Å². The molecule has 0 saturated carbocycles. The van der Waals surface area contributed by atoms with E-state index in [2.05, 4.69) is 5.32 Å². The van der Waals surface area contributed by atoms with Crippen LogP contribution in [0.25, 0.3) is 0 Å². The lowest BCUT2D eigenvalue weighted by molar-refractivity contribution is -0.119. The highest BCUT2D eigenvalue weighted by Crippen LogP contribution is 2.28. The fourth-order valence-electron chi connectivity index (χ4n) is 2.09. The maximum Gasteiger partial charge on any atom is 0.240 e. The first-order valence-corrected chi connectivity index (χ1v) is 9.31. The van der Waals surface area contributed by atoms with Crippen LogP contribution in [0.1, 0.15) is 39.2 Å². The minimum Gasteiger partial charge on any atom is -0.354 e. The van der Waals surface area contributed by atoms with Gasteiger partial charge in [0, 0.05) is 6.54 Å². The highest BCUT2D eigenvalue weighted by molar-refractivity contribution is 7.92. The monoisotopic (exact) mass is 326 g/mol. The van der Waals surface area contributed by atoms with Gasteiger partial charge in [0.1, 0.15) is 6.54 Å². The first kappa shape index (κ1) is 18.5. The smallest absolute Gasteiger partial charge is 0.240 e. The van der Waals surface area contributed by atoms with Gasteiger partial charge >= 0.3 is 0 Å². The number of anilines is 1. The van der Waals surface area contributed by atoms with Crippen molar-refractivity contribution in [1.82, 2.24) is 5.32 Å². The Labute approximate surface area is 133 Å². The lowest BCUT2D eigenvalue weighted by Crippen LogP contribution is -2.41. The zero-order valence-corrected chi connectivity index (χ0v) is 14.8. The second-order valence-corrected chi connectivity index (χ2v) is 8.09. The summed E-state index contributed by atoms with van der Waals surface area (Å²) in [5.74, 6) is 0.190. The van der Waals surface area contributed by atoms with Gasteiger partial charge in [-0.05, 0) is 23.5 Å². The highest BCUT2D eigenvalue weighted by Gasteiger charge is 2.23. The number of para-hydroxylation sites is 1. The predicted molar refractivity (Wildman–Crippen MR) is 90.6 cm³/mol. The van der Waals surface area contributed by atoms with Crippen LogP contribution in [0.2, 0.25) is 0 Å². The molecule has 1 rings (SSSR count). The summed E-state index contributed by atoms with van der Waals surface area (Å²) in [5.41, 5.74) is 1.48. The number of hydrogen-bond acceptors (Lipinski definition) is 3. The van der Waals surface area contributed by atoms with Crippen LogP contribution in [0.15, 0.2) is 24.3 Å². The molecule has 0 bridgehead atoms. The van der Waals surface area contributed by atoms with Crippen molar-refractivity contribution in [2.45, 2.75) is 33.6 Å². The Kier molecular flexibility index (Phi) is 6.41. The molecule has 124 valence electrons. The molecule has 1 aromatic rings. The van der Waals surface area contributed by atoms with Crippen molar-refractivity contribution in [3.8, 4) is 0 Å². The number of hydrogen-bond donors (Lipinski definition) is 1. The summed E-state index contributed by atoms with van der Waals surface area (Å²) in [7, 11) is -3.54. The first-order valence-electron chi connectivity index (χ1n) is 7.46. The Morgan fingerprint density at radius 3 is 2.27 bits per heavy atom. The van der Waals surface area contributed by atoms with Crippen molar-refractivity contribution in [1.29, 1.82) is 0 Å². The molecule has 0 unspecified atom stereocenters. The van der Waals surface area contributed by atoms with E-state index in [1.165, 1.54) is 4.31 Å². The van der Waals surface area contributed by atoms with Crippen LogP contribution >= 0.6 is 0 Å². The molecule has 0 spiro atoms. The van der Waals surface area contributed by atoms with Gasteiger partial charge in [-0.25, -0.2) is 8.42 Å². The lowest BCUT2D eigenvalue weighted by Gasteiger charge is -2.25. The normalized spacial score (nSPS) is 11.8. The van der Waals surface area contributed by atoms with E-state index in [1.54, 1.807) is 12.1 Å². The third-order valence-electron chi connectivity index (χ3n) is 3.22. The topological polar surface area (TPSA) is 66.5 Å². The molecule has 0 aliphatic rings. The van der Waals surface area contributed by atoms with Gasteiger partial charge in [0.15, 0.2) is 0 Å². The molecular formula is C16H26N2O3S. The van der Waals surface area contributed by atoms with Crippen LogP contribution in [0, 0.1) is 5.92 Å². The van der Waals surface area contributed by atoms with Crippen LogP contribution in [0.4, 0.5) is 5.69 Å². The fourth-order valence-corrected chi connectivity index (χ4v) is 2.96. The van der Waals surface area contributed by atoms with E-state index in [1.807, 2.05) is 39.8 Å². The lowest BCUT2D eigenvalue weighted by atomic mass is 10.0. The van der Waals surface area contributed by atoms with Gasteiger partial charge < -0.3 is 5.32 Å². The van der Waals surface area contributed by atoms with Gasteiger partial charge in [0.05, 0.1) is 11.9 Å². The van der Waals surface area contributed by atoms with Crippen LogP contribution in [0.5, 0.6) is 0 Å². The van der Waals surface area contributed by atoms with E-state index in [4.69, 9.17) is 0 Å². The third-order valence-corrected chi connectivity index (χ3v) is 4.35. The summed E-state index contributed by atoms with van der Waals surface area (Å²) in [5, 5.41) is 2.76. The second kappa shape index (κ2) is 7.63. The summed E-state index contributed by atoms with van der Waals surface area (Å²) < 4.78 is 25.4. The number of rotatable bonds is 7. The Morgan fingerprint density at radius 1 is 1.18 bits per heavy atom. The average Bonchev–Trinajstić information content (AvgIpc) is 2.41. The average molecular weight is 326 g/mol. The predicted octanol–water partition coefficient (Wildman–Crippen LogP) is 2.35. The minimum absolute atomic E-state index is 0.166. The van der Waals surface area contributed by atoms with Crippen molar-refractivity contribution in [3.05, 3.63) is 29.8 Å². The van der Waals surface area contributed by atoms with E-state index in [9.17, 15) is 13.2 Å². The number of nitrogens with zero attached hydrogens (tertiary/aromatic N) is 1. The van der Waals surface area contributed by atoms with Crippen molar-refractivity contribution >= 4 is 21.6 Å². The molecule has 0 aliphatic heterocycles. The second-order valence-electron chi connectivity index (χ2n) is 6.18. The summed E-state index contributed by atoms with van der Waals surface area (Å²) >= 11 is 0. The molecule has 0 atom stereocenters. The van der Waals surface area contributed by atoms with Crippen molar-refractivity contribution in [2.75, 3.05) is 23.7 Å². The zero-order chi connectivity index (χ0) is 16.9. The Balaban J connectivity index is 3.08. The van der Waals surface area contributed by atoms with E-state index in [0.717, 1.165) is 11.8 Å². The van der Waals surface area contributed by atoms with Gasteiger partial charge in [0.25, 0.3) is 0 Å². The van der Waals surface area contributed by atoms with Crippen LogP contribution in [-0.4, -0.2) is 33.7 Å². The zero-order valence-electron chi connectivity index (χ0n) is 14.0. The number of carbonyl (C=O) groups excluding carboxylic acids is 1.